The number of hydrogen-bond donors (Lipinski definition) is 0. The molecule has 0 saturated heterocycles. The average molecular weight is 214 g/mol. The van der Waals surface area contributed by atoms with E-state index >= 15 is 0 Å². The van der Waals surface area contributed by atoms with Crippen molar-refractivity contribution in [3.63, 3.8) is 0 Å². The first-order valence-electron chi connectivity index (χ1n) is 4.61. The molecule has 0 fully saturated rings. The quantitative estimate of drug-likeness (QED) is 0.713. The fourth-order valence-corrected chi connectivity index (χ4v) is 2.18. The van der Waals surface area contributed by atoms with Crippen LogP contribution in [0.5, 0.6) is 0 Å². The summed E-state index contributed by atoms with van der Waals surface area (Å²) in [6.45, 7) is 4.04. The highest BCUT2D eigenvalue weighted by atomic mass is 32.1. The zero-order valence-electron chi connectivity index (χ0n) is 8.14. The summed E-state index contributed by atoms with van der Waals surface area (Å²) in [6, 6.07) is 13.7. The van der Waals surface area contributed by atoms with Crippen LogP contribution in [0, 0.1) is 0 Å². The summed E-state index contributed by atoms with van der Waals surface area (Å²) in [6.07, 6.45) is 0.868. The van der Waals surface area contributed by atoms with E-state index in [0.717, 1.165) is 27.2 Å². The van der Waals surface area contributed by atoms with Gasteiger partial charge in [0.2, 0.25) is 0 Å². The lowest BCUT2D eigenvalue weighted by Crippen LogP contribution is -1.80. The monoisotopic (exact) mass is 214 g/mol. The second kappa shape index (κ2) is 4.24. The lowest BCUT2D eigenvalue weighted by atomic mass is 10.1. The number of benzene rings is 1. The summed E-state index contributed by atoms with van der Waals surface area (Å²) >= 11 is 1.47. The molecule has 0 aliphatic heterocycles. The Hall–Kier alpha value is -1.67. The summed E-state index contributed by atoms with van der Waals surface area (Å²) in [5.74, 6) is 0. The topological polar surface area (TPSA) is 17.1 Å². The molecule has 0 bridgehead atoms. The van der Waals surface area contributed by atoms with E-state index in [1.54, 1.807) is 0 Å². The van der Waals surface area contributed by atoms with Crippen LogP contribution in [0.15, 0.2) is 49.0 Å². The first kappa shape index (κ1) is 9.87. The molecule has 0 atom stereocenters. The van der Waals surface area contributed by atoms with Crippen LogP contribution >= 0.6 is 11.3 Å². The van der Waals surface area contributed by atoms with E-state index in [9.17, 15) is 4.79 Å². The van der Waals surface area contributed by atoms with Crippen molar-refractivity contribution in [2.45, 2.75) is 0 Å². The van der Waals surface area contributed by atoms with E-state index in [2.05, 4.69) is 6.58 Å². The Kier molecular flexibility index (Phi) is 2.79. The number of hydrogen-bond acceptors (Lipinski definition) is 2. The lowest BCUT2D eigenvalue weighted by Gasteiger charge is -2.01. The molecule has 1 heterocycles. The smallest absolute Gasteiger partial charge is 0.160 e. The molecule has 15 heavy (non-hydrogen) atoms. The van der Waals surface area contributed by atoms with E-state index in [0.29, 0.717) is 0 Å². The molecule has 1 aromatic heterocycles. The van der Waals surface area contributed by atoms with Gasteiger partial charge in [-0.3, -0.25) is 4.79 Å². The molecule has 0 saturated carbocycles. The molecule has 1 nitrogen and oxygen atoms in total. The maximum absolute atomic E-state index is 10.6. The SMILES string of the molecule is C=C(c1ccccc1)c1ccc(C=O)s1. The molecule has 0 aliphatic carbocycles. The molecule has 0 radical (unpaired) electrons. The molecule has 74 valence electrons. The Labute approximate surface area is 92.7 Å². The van der Waals surface area contributed by atoms with E-state index in [1.165, 1.54) is 11.3 Å². The van der Waals surface area contributed by atoms with Gasteiger partial charge in [-0.25, -0.2) is 0 Å². The highest BCUT2D eigenvalue weighted by molar-refractivity contribution is 7.14. The van der Waals surface area contributed by atoms with Crippen LogP contribution in [0.25, 0.3) is 5.57 Å². The molecule has 0 aliphatic rings. The molecule has 1 aromatic carbocycles. The number of carbonyl (C=O) groups excluding carboxylic acids is 1. The molecular weight excluding hydrogens is 204 g/mol. The number of carbonyl (C=O) groups is 1. The van der Waals surface area contributed by atoms with Gasteiger partial charge in [0.1, 0.15) is 0 Å². The molecule has 0 N–H and O–H groups in total. The van der Waals surface area contributed by atoms with Gasteiger partial charge in [0.15, 0.2) is 6.29 Å². The third-order valence-corrected chi connectivity index (χ3v) is 3.23. The van der Waals surface area contributed by atoms with Gasteiger partial charge in [-0.15, -0.1) is 11.3 Å². The van der Waals surface area contributed by atoms with Crippen molar-refractivity contribution in [3.8, 4) is 0 Å². The van der Waals surface area contributed by atoms with Gasteiger partial charge in [-0.05, 0) is 23.3 Å². The first-order valence-corrected chi connectivity index (χ1v) is 5.42. The Morgan fingerprint density at radius 3 is 2.47 bits per heavy atom. The standard InChI is InChI=1S/C13H10OS/c1-10(11-5-3-2-4-6-11)13-8-7-12(9-14)15-13/h2-9H,1H2. The van der Waals surface area contributed by atoms with Crippen LogP contribution in [0.1, 0.15) is 20.1 Å². The van der Waals surface area contributed by atoms with Gasteiger partial charge in [0.05, 0.1) is 4.88 Å². The molecule has 0 amide bonds. The first-order chi connectivity index (χ1) is 7.31. The molecule has 2 heteroatoms. The Balaban J connectivity index is 2.32. The summed E-state index contributed by atoms with van der Waals surface area (Å²) < 4.78 is 0. The molecule has 2 aromatic rings. The molecule has 0 unspecified atom stereocenters. The highest BCUT2D eigenvalue weighted by Gasteiger charge is 2.04. The minimum atomic E-state index is 0.738. The van der Waals surface area contributed by atoms with Crippen molar-refractivity contribution >= 4 is 23.2 Å². The second-order valence-corrected chi connectivity index (χ2v) is 4.28. The minimum Gasteiger partial charge on any atom is -0.297 e. The minimum absolute atomic E-state index is 0.738. The fraction of sp³-hybridized carbons (Fsp3) is 0. The van der Waals surface area contributed by atoms with Gasteiger partial charge in [-0.1, -0.05) is 36.9 Å². The molecular formula is C13H10OS. The average Bonchev–Trinajstić information content (AvgIpc) is 2.78. The van der Waals surface area contributed by atoms with Crippen LogP contribution in [-0.2, 0) is 0 Å². The maximum atomic E-state index is 10.6. The van der Waals surface area contributed by atoms with Crippen LogP contribution in [0.2, 0.25) is 0 Å². The third-order valence-electron chi connectivity index (χ3n) is 2.16. The predicted octanol–water partition coefficient (Wildman–Crippen LogP) is 3.62. The van der Waals surface area contributed by atoms with Crippen molar-refractivity contribution in [3.05, 3.63) is 64.4 Å². The van der Waals surface area contributed by atoms with Crippen molar-refractivity contribution in [1.29, 1.82) is 0 Å². The Morgan fingerprint density at radius 1 is 1.13 bits per heavy atom. The largest absolute Gasteiger partial charge is 0.297 e. The van der Waals surface area contributed by atoms with Crippen LogP contribution in [0.3, 0.4) is 0 Å². The van der Waals surface area contributed by atoms with Gasteiger partial charge in [-0.2, -0.15) is 0 Å². The summed E-state index contributed by atoms with van der Waals surface area (Å²) in [4.78, 5) is 12.3. The summed E-state index contributed by atoms with van der Waals surface area (Å²) in [5, 5.41) is 0. The lowest BCUT2D eigenvalue weighted by molar-refractivity contribution is 0.112. The van der Waals surface area contributed by atoms with Crippen LogP contribution in [0.4, 0.5) is 0 Å². The number of rotatable bonds is 3. The van der Waals surface area contributed by atoms with Crippen molar-refractivity contribution in [2.75, 3.05) is 0 Å². The zero-order valence-corrected chi connectivity index (χ0v) is 8.96. The van der Waals surface area contributed by atoms with Crippen molar-refractivity contribution in [2.24, 2.45) is 0 Å². The molecule has 2 rings (SSSR count). The predicted molar refractivity (Wildman–Crippen MR) is 64.3 cm³/mol. The summed E-state index contributed by atoms with van der Waals surface area (Å²) in [7, 11) is 0. The zero-order chi connectivity index (χ0) is 10.7. The maximum Gasteiger partial charge on any atom is 0.160 e. The van der Waals surface area contributed by atoms with Gasteiger partial charge in [0.25, 0.3) is 0 Å². The number of thiophene rings is 1. The molecule has 0 spiro atoms. The van der Waals surface area contributed by atoms with Crippen LogP contribution in [-0.4, -0.2) is 6.29 Å². The Bertz CT molecular complexity index is 482. The van der Waals surface area contributed by atoms with Crippen molar-refractivity contribution < 1.29 is 4.79 Å². The van der Waals surface area contributed by atoms with Gasteiger partial charge < -0.3 is 0 Å². The number of aldehydes is 1. The van der Waals surface area contributed by atoms with Gasteiger partial charge >= 0.3 is 0 Å². The van der Waals surface area contributed by atoms with E-state index in [-0.39, 0.29) is 0 Å². The van der Waals surface area contributed by atoms with E-state index in [1.807, 2.05) is 42.5 Å². The fourth-order valence-electron chi connectivity index (χ4n) is 1.36. The highest BCUT2D eigenvalue weighted by Crippen LogP contribution is 2.27. The Morgan fingerprint density at radius 2 is 1.87 bits per heavy atom. The second-order valence-electron chi connectivity index (χ2n) is 3.16. The van der Waals surface area contributed by atoms with Gasteiger partial charge in [0, 0.05) is 4.88 Å². The van der Waals surface area contributed by atoms with E-state index in [4.69, 9.17) is 0 Å². The van der Waals surface area contributed by atoms with Crippen molar-refractivity contribution in [1.82, 2.24) is 0 Å². The normalized spacial score (nSPS) is 9.87. The third kappa shape index (κ3) is 2.05. The van der Waals surface area contributed by atoms with Crippen LogP contribution < -0.4 is 0 Å². The summed E-state index contributed by atoms with van der Waals surface area (Å²) in [5.41, 5.74) is 2.06. The van der Waals surface area contributed by atoms with E-state index < -0.39 is 0 Å².